The van der Waals surface area contributed by atoms with E-state index < -0.39 is 0 Å². The normalized spacial score (nSPS) is 21.4. The summed E-state index contributed by atoms with van der Waals surface area (Å²) in [4.78, 5) is 13.5. The third-order valence-corrected chi connectivity index (χ3v) is 3.12. The Labute approximate surface area is 85.3 Å². The Kier molecular flexibility index (Phi) is 2.71. The summed E-state index contributed by atoms with van der Waals surface area (Å²) >= 11 is 0. The Bertz CT molecular complexity index is 291. The number of hydrogen-bond donors (Lipinski definition) is 0. The van der Waals surface area contributed by atoms with Gasteiger partial charge in [-0.25, -0.2) is 0 Å². The molecule has 0 saturated carbocycles. The Morgan fingerprint density at radius 1 is 1.36 bits per heavy atom. The lowest BCUT2D eigenvalue weighted by molar-refractivity contribution is -0.126. The van der Waals surface area contributed by atoms with Crippen LogP contribution in [-0.2, 0) is 4.79 Å². The molecule has 2 heteroatoms. The summed E-state index contributed by atoms with van der Waals surface area (Å²) in [6.45, 7) is 4.69. The van der Waals surface area contributed by atoms with Gasteiger partial charge in [0, 0.05) is 18.7 Å². The zero-order chi connectivity index (χ0) is 9.97. The smallest absolute Gasteiger partial charge is 0.227 e. The molecule has 0 atom stereocenters. The van der Waals surface area contributed by atoms with Crippen molar-refractivity contribution < 1.29 is 4.79 Å². The van der Waals surface area contributed by atoms with Crippen LogP contribution in [0.25, 0.3) is 0 Å². The number of carbonyl (C=O) groups is 1. The second kappa shape index (κ2) is 3.99. The van der Waals surface area contributed by atoms with Gasteiger partial charge in [0.25, 0.3) is 0 Å². The van der Waals surface area contributed by atoms with Gasteiger partial charge in [-0.3, -0.25) is 4.79 Å². The van der Waals surface area contributed by atoms with Crippen molar-refractivity contribution in [3.05, 3.63) is 23.9 Å². The van der Waals surface area contributed by atoms with Crippen LogP contribution in [0.4, 0.5) is 0 Å². The second-order valence-corrected chi connectivity index (χ2v) is 4.03. The summed E-state index contributed by atoms with van der Waals surface area (Å²) in [5.41, 5.74) is 2.84. The number of hydrogen-bond acceptors (Lipinski definition) is 1. The predicted molar refractivity (Wildman–Crippen MR) is 56.6 cm³/mol. The maximum Gasteiger partial charge on any atom is 0.227 e. The standard InChI is InChI=1S/C12H17NO/c1-2-3-5-10-6-4-9-13-11(10)7-8-12(13)14/h2H,1,3-9H2. The number of allylic oxidation sites excluding steroid dienone is 3. The number of carbonyl (C=O) groups excluding carboxylic acids is 1. The number of nitrogens with zero attached hydrogens (tertiary/aromatic N) is 1. The maximum absolute atomic E-state index is 11.5. The van der Waals surface area contributed by atoms with E-state index in [-0.39, 0.29) is 0 Å². The van der Waals surface area contributed by atoms with E-state index in [1.807, 2.05) is 11.0 Å². The summed E-state index contributed by atoms with van der Waals surface area (Å²) in [5, 5.41) is 0. The van der Waals surface area contributed by atoms with Crippen LogP contribution in [0.15, 0.2) is 23.9 Å². The molecule has 0 aromatic rings. The molecule has 0 aromatic heterocycles. The quantitative estimate of drug-likeness (QED) is 0.628. The van der Waals surface area contributed by atoms with E-state index >= 15 is 0 Å². The first-order valence-electron chi connectivity index (χ1n) is 5.45. The fourth-order valence-electron chi connectivity index (χ4n) is 2.41. The molecule has 2 aliphatic rings. The molecule has 0 aromatic carbocycles. The molecule has 0 radical (unpaired) electrons. The molecular weight excluding hydrogens is 174 g/mol. The van der Waals surface area contributed by atoms with Crippen LogP contribution in [0.5, 0.6) is 0 Å². The highest BCUT2D eigenvalue weighted by atomic mass is 16.2. The molecule has 1 saturated heterocycles. The van der Waals surface area contributed by atoms with Gasteiger partial charge in [0.1, 0.15) is 0 Å². The third-order valence-electron chi connectivity index (χ3n) is 3.12. The summed E-state index contributed by atoms with van der Waals surface area (Å²) in [6.07, 6.45) is 8.14. The average Bonchev–Trinajstić information content (AvgIpc) is 2.58. The van der Waals surface area contributed by atoms with Gasteiger partial charge in [0.05, 0.1) is 0 Å². The molecular formula is C12H17NO. The van der Waals surface area contributed by atoms with Gasteiger partial charge in [0.15, 0.2) is 0 Å². The fourth-order valence-corrected chi connectivity index (χ4v) is 2.41. The van der Waals surface area contributed by atoms with Crippen molar-refractivity contribution in [3.63, 3.8) is 0 Å². The van der Waals surface area contributed by atoms with E-state index in [0.29, 0.717) is 5.91 Å². The largest absolute Gasteiger partial charge is 0.316 e. The molecule has 14 heavy (non-hydrogen) atoms. The van der Waals surface area contributed by atoms with E-state index in [1.54, 1.807) is 0 Å². The number of rotatable bonds is 3. The first-order chi connectivity index (χ1) is 6.83. The van der Waals surface area contributed by atoms with Crippen LogP contribution in [-0.4, -0.2) is 17.4 Å². The maximum atomic E-state index is 11.5. The second-order valence-electron chi connectivity index (χ2n) is 4.03. The summed E-state index contributed by atoms with van der Waals surface area (Å²) in [7, 11) is 0. The van der Waals surface area contributed by atoms with Gasteiger partial charge in [0.2, 0.25) is 5.91 Å². The van der Waals surface area contributed by atoms with Gasteiger partial charge in [-0.05, 0) is 32.1 Å². The van der Waals surface area contributed by atoms with Crippen molar-refractivity contribution in [1.82, 2.24) is 4.90 Å². The molecule has 1 fully saturated rings. The molecule has 0 bridgehead atoms. The lowest BCUT2D eigenvalue weighted by Gasteiger charge is -2.26. The van der Waals surface area contributed by atoms with Crippen molar-refractivity contribution >= 4 is 5.91 Å². The van der Waals surface area contributed by atoms with Crippen LogP contribution in [0.3, 0.4) is 0 Å². The van der Waals surface area contributed by atoms with Crippen LogP contribution < -0.4 is 0 Å². The highest BCUT2D eigenvalue weighted by molar-refractivity contribution is 5.81. The van der Waals surface area contributed by atoms with Crippen molar-refractivity contribution in [1.29, 1.82) is 0 Å². The highest BCUT2D eigenvalue weighted by Gasteiger charge is 2.29. The summed E-state index contributed by atoms with van der Waals surface area (Å²) in [6, 6.07) is 0. The van der Waals surface area contributed by atoms with Gasteiger partial charge in [-0.2, -0.15) is 0 Å². The molecule has 0 unspecified atom stereocenters. The molecule has 2 nitrogen and oxygen atoms in total. The SMILES string of the molecule is C=CCCC1=C2CCC(=O)N2CCC1. The van der Waals surface area contributed by atoms with Crippen LogP contribution in [0, 0.1) is 0 Å². The van der Waals surface area contributed by atoms with Crippen LogP contribution in [0.2, 0.25) is 0 Å². The topological polar surface area (TPSA) is 20.3 Å². The van der Waals surface area contributed by atoms with Gasteiger partial charge in [-0.1, -0.05) is 11.6 Å². The molecule has 76 valence electrons. The minimum Gasteiger partial charge on any atom is -0.316 e. The minimum absolute atomic E-state index is 0.329. The van der Waals surface area contributed by atoms with Gasteiger partial charge in [-0.15, -0.1) is 6.58 Å². The Morgan fingerprint density at radius 3 is 3.00 bits per heavy atom. The molecule has 0 aliphatic carbocycles. The lowest BCUT2D eigenvalue weighted by atomic mass is 9.98. The van der Waals surface area contributed by atoms with E-state index in [4.69, 9.17) is 0 Å². The molecule has 2 rings (SSSR count). The van der Waals surface area contributed by atoms with Crippen LogP contribution in [0.1, 0.15) is 38.5 Å². The van der Waals surface area contributed by atoms with Crippen molar-refractivity contribution in [3.8, 4) is 0 Å². The lowest BCUT2D eigenvalue weighted by Crippen LogP contribution is -2.28. The van der Waals surface area contributed by atoms with E-state index in [1.165, 1.54) is 17.7 Å². The molecule has 0 spiro atoms. The first kappa shape index (κ1) is 9.50. The number of fused-ring (bicyclic) bond motifs is 1. The minimum atomic E-state index is 0.329. The monoisotopic (exact) mass is 191 g/mol. The number of amides is 1. The van der Waals surface area contributed by atoms with E-state index in [0.717, 1.165) is 38.6 Å². The average molecular weight is 191 g/mol. The van der Waals surface area contributed by atoms with Crippen molar-refractivity contribution in [2.24, 2.45) is 0 Å². The Balaban J connectivity index is 2.16. The zero-order valence-corrected chi connectivity index (χ0v) is 8.59. The van der Waals surface area contributed by atoms with Gasteiger partial charge >= 0.3 is 0 Å². The first-order valence-corrected chi connectivity index (χ1v) is 5.45. The Morgan fingerprint density at radius 2 is 2.21 bits per heavy atom. The zero-order valence-electron chi connectivity index (χ0n) is 8.59. The van der Waals surface area contributed by atoms with E-state index in [2.05, 4.69) is 6.58 Å². The predicted octanol–water partition coefficient (Wildman–Crippen LogP) is 2.62. The van der Waals surface area contributed by atoms with Crippen LogP contribution >= 0.6 is 0 Å². The Hall–Kier alpha value is -1.05. The molecule has 2 heterocycles. The molecule has 1 amide bonds. The third kappa shape index (κ3) is 1.61. The fraction of sp³-hybridized carbons (Fsp3) is 0.583. The van der Waals surface area contributed by atoms with Crippen molar-refractivity contribution in [2.45, 2.75) is 38.5 Å². The summed E-state index contributed by atoms with van der Waals surface area (Å²) in [5.74, 6) is 0.329. The summed E-state index contributed by atoms with van der Waals surface area (Å²) < 4.78 is 0. The highest BCUT2D eigenvalue weighted by Crippen LogP contribution is 2.33. The van der Waals surface area contributed by atoms with Gasteiger partial charge < -0.3 is 4.90 Å². The molecule has 2 aliphatic heterocycles. The van der Waals surface area contributed by atoms with Crippen molar-refractivity contribution in [2.75, 3.05) is 6.54 Å². The molecule has 0 N–H and O–H groups in total. The van der Waals surface area contributed by atoms with E-state index in [9.17, 15) is 4.79 Å².